The lowest BCUT2D eigenvalue weighted by Gasteiger charge is -2.19. The predicted octanol–water partition coefficient (Wildman–Crippen LogP) is 2.83. The Balaban J connectivity index is 2.54. The zero-order valence-corrected chi connectivity index (χ0v) is 11.9. The number of likely N-dealkylation sites (N-methyl/N-ethyl adjacent to an activating group) is 1. The SMILES string of the molecule is CCOC(=O)CN(CC)Cc1cccc(Br)c1. The molecule has 0 bridgehead atoms. The Morgan fingerprint density at radius 1 is 1.41 bits per heavy atom. The third-order valence-electron chi connectivity index (χ3n) is 2.40. The van der Waals surface area contributed by atoms with E-state index in [-0.39, 0.29) is 5.97 Å². The minimum atomic E-state index is -0.163. The molecule has 0 atom stereocenters. The fourth-order valence-corrected chi connectivity index (χ4v) is 2.01. The summed E-state index contributed by atoms with van der Waals surface area (Å²) in [5.41, 5.74) is 1.19. The number of esters is 1. The van der Waals surface area contributed by atoms with E-state index < -0.39 is 0 Å². The summed E-state index contributed by atoms with van der Waals surface area (Å²) in [6.45, 7) is 6.23. The molecule has 0 amide bonds. The number of hydrogen-bond acceptors (Lipinski definition) is 3. The number of carbonyl (C=O) groups is 1. The van der Waals surface area contributed by atoms with E-state index in [1.807, 2.05) is 26.0 Å². The normalized spacial score (nSPS) is 10.6. The van der Waals surface area contributed by atoms with Crippen LogP contribution in [-0.4, -0.2) is 30.6 Å². The molecule has 0 saturated heterocycles. The van der Waals surface area contributed by atoms with Crippen LogP contribution in [0.2, 0.25) is 0 Å². The molecule has 0 aliphatic heterocycles. The van der Waals surface area contributed by atoms with Crippen molar-refractivity contribution < 1.29 is 9.53 Å². The number of hydrogen-bond donors (Lipinski definition) is 0. The van der Waals surface area contributed by atoms with Crippen LogP contribution in [0.3, 0.4) is 0 Å². The zero-order valence-electron chi connectivity index (χ0n) is 10.3. The summed E-state index contributed by atoms with van der Waals surface area (Å²) in [5.74, 6) is -0.163. The molecule has 1 aromatic rings. The molecule has 0 N–H and O–H groups in total. The Kier molecular flexibility index (Phi) is 6.22. The molecule has 0 fully saturated rings. The first-order valence-electron chi connectivity index (χ1n) is 5.78. The molecule has 1 rings (SSSR count). The summed E-state index contributed by atoms with van der Waals surface area (Å²) >= 11 is 3.44. The van der Waals surface area contributed by atoms with Crippen molar-refractivity contribution in [3.63, 3.8) is 0 Å². The molecule has 0 aromatic heterocycles. The van der Waals surface area contributed by atoms with Gasteiger partial charge >= 0.3 is 5.97 Å². The van der Waals surface area contributed by atoms with Crippen LogP contribution in [0.25, 0.3) is 0 Å². The quantitative estimate of drug-likeness (QED) is 0.757. The van der Waals surface area contributed by atoms with Crippen molar-refractivity contribution in [1.82, 2.24) is 4.90 Å². The molecule has 0 radical (unpaired) electrons. The van der Waals surface area contributed by atoms with Gasteiger partial charge in [-0.05, 0) is 31.2 Å². The van der Waals surface area contributed by atoms with Gasteiger partial charge in [0.1, 0.15) is 0 Å². The molecule has 0 aliphatic rings. The molecule has 0 heterocycles. The average molecular weight is 300 g/mol. The summed E-state index contributed by atoms with van der Waals surface area (Å²) in [6, 6.07) is 8.11. The minimum absolute atomic E-state index is 0.163. The van der Waals surface area contributed by atoms with Crippen molar-refractivity contribution in [1.29, 1.82) is 0 Å². The summed E-state index contributed by atoms with van der Waals surface area (Å²) in [4.78, 5) is 13.5. The maximum Gasteiger partial charge on any atom is 0.320 e. The second kappa shape index (κ2) is 7.45. The monoisotopic (exact) mass is 299 g/mol. The van der Waals surface area contributed by atoms with Crippen LogP contribution in [0.5, 0.6) is 0 Å². The summed E-state index contributed by atoms with van der Waals surface area (Å²) in [5, 5.41) is 0. The second-order valence-electron chi connectivity index (χ2n) is 3.74. The van der Waals surface area contributed by atoms with E-state index in [2.05, 4.69) is 33.0 Å². The first-order chi connectivity index (χ1) is 8.15. The molecule has 0 aliphatic carbocycles. The topological polar surface area (TPSA) is 29.5 Å². The summed E-state index contributed by atoms with van der Waals surface area (Å²) in [7, 11) is 0. The highest BCUT2D eigenvalue weighted by molar-refractivity contribution is 9.10. The minimum Gasteiger partial charge on any atom is -0.465 e. The number of rotatable bonds is 6. The van der Waals surface area contributed by atoms with Crippen LogP contribution in [0, 0.1) is 0 Å². The number of halogens is 1. The fraction of sp³-hybridized carbons (Fsp3) is 0.462. The molecule has 0 saturated carbocycles. The Morgan fingerprint density at radius 2 is 2.18 bits per heavy atom. The van der Waals surface area contributed by atoms with Crippen molar-refractivity contribution in [3.05, 3.63) is 34.3 Å². The highest BCUT2D eigenvalue weighted by Gasteiger charge is 2.10. The van der Waals surface area contributed by atoms with Crippen LogP contribution in [0.15, 0.2) is 28.7 Å². The van der Waals surface area contributed by atoms with Gasteiger partial charge < -0.3 is 4.74 Å². The second-order valence-corrected chi connectivity index (χ2v) is 4.65. The lowest BCUT2D eigenvalue weighted by atomic mass is 10.2. The van der Waals surface area contributed by atoms with E-state index in [0.29, 0.717) is 13.2 Å². The van der Waals surface area contributed by atoms with E-state index in [4.69, 9.17) is 4.74 Å². The van der Waals surface area contributed by atoms with Gasteiger partial charge in [-0.2, -0.15) is 0 Å². The molecule has 4 heteroatoms. The van der Waals surface area contributed by atoms with Crippen molar-refractivity contribution in [2.24, 2.45) is 0 Å². The number of ether oxygens (including phenoxy) is 1. The maximum atomic E-state index is 11.4. The number of benzene rings is 1. The van der Waals surface area contributed by atoms with E-state index in [1.165, 1.54) is 5.56 Å². The van der Waals surface area contributed by atoms with Gasteiger partial charge in [-0.25, -0.2) is 0 Å². The first-order valence-corrected chi connectivity index (χ1v) is 6.57. The number of carbonyl (C=O) groups excluding carboxylic acids is 1. The Hall–Kier alpha value is -0.870. The smallest absolute Gasteiger partial charge is 0.320 e. The Morgan fingerprint density at radius 3 is 2.76 bits per heavy atom. The van der Waals surface area contributed by atoms with Gasteiger partial charge in [0, 0.05) is 11.0 Å². The standard InChI is InChI=1S/C13H18BrNO2/c1-3-15(10-13(16)17-4-2)9-11-6-5-7-12(14)8-11/h5-8H,3-4,9-10H2,1-2H3. The lowest BCUT2D eigenvalue weighted by molar-refractivity contribution is -0.144. The predicted molar refractivity (Wildman–Crippen MR) is 71.7 cm³/mol. The average Bonchev–Trinajstić information content (AvgIpc) is 2.28. The Labute approximate surface area is 111 Å². The highest BCUT2D eigenvalue weighted by Crippen LogP contribution is 2.13. The first kappa shape index (κ1) is 14.2. The highest BCUT2D eigenvalue weighted by atomic mass is 79.9. The van der Waals surface area contributed by atoms with E-state index in [1.54, 1.807) is 0 Å². The lowest BCUT2D eigenvalue weighted by Crippen LogP contribution is -2.30. The van der Waals surface area contributed by atoms with E-state index in [0.717, 1.165) is 17.6 Å². The fourth-order valence-electron chi connectivity index (χ4n) is 1.56. The van der Waals surface area contributed by atoms with Crippen molar-refractivity contribution in [3.8, 4) is 0 Å². The van der Waals surface area contributed by atoms with Gasteiger partial charge in [0.15, 0.2) is 0 Å². The van der Waals surface area contributed by atoms with Crippen molar-refractivity contribution in [2.45, 2.75) is 20.4 Å². The molecule has 3 nitrogen and oxygen atoms in total. The third-order valence-corrected chi connectivity index (χ3v) is 2.89. The molecule has 0 spiro atoms. The zero-order chi connectivity index (χ0) is 12.7. The largest absolute Gasteiger partial charge is 0.465 e. The number of nitrogens with zero attached hydrogens (tertiary/aromatic N) is 1. The molecular formula is C13H18BrNO2. The van der Waals surface area contributed by atoms with Crippen molar-refractivity contribution in [2.75, 3.05) is 19.7 Å². The summed E-state index contributed by atoms with van der Waals surface area (Å²) in [6.07, 6.45) is 0. The molecule has 94 valence electrons. The maximum absolute atomic E-state index is 11.4. The molecule has 0 unspecified atom stereocenters. The summed E-state index contributed by atoms with van der Waals surface area (Å²) < 4.78 is 6.00. The van der Waals surface area contributed by atoms with Gasteiger partial charge in [0.2, 0.25) is 0 Å². The molecule has 17 heavy (non-hydrogen) atoms. The molecule has 1 aromatic carbocycles. The van der Waals surface area contributed by atoms with E-state index >= 15 is 0 Å². The van der Waals surface area contributed by atoms with Gasteiger partial charge in [-0.15, -0.1) is 0 Å². The van der Waals surface area contributed by atoms with Crippen LogP contribution < -0.4 is 0 Å². The van der Waals surface area contributed by atoms with Crippen LogP contribution in [-0.2, 0) is 16.1 Å². The van der Waals surface area contributed by atoms with E-state index in [9.17, 15) is 4.79 Å². The van der Waals surface area contributed by atoms with Crippen LogP contribution >= 0.6 is 15.9 Å². The van der Waals surface area contributed by atoms with Gasteiger partial charge in [-0.3, -0.25) is 9.69 Å². The van der Waals surface area contributed by atoms with Gasteiger partial charge in [0.25, 0.3) is 0 Å². The van der Waals surface area contributed by atoms with Crippen LogP contribution in [0.1, 0.15) is 19.4 Å². The van der Waals surface area contributed by atoms with Gasteiger partial charge in [-0.1, -0.05) is 35.0 Å². The third kappa shape index (κ3) is 5.33. The van der Waals surface area contributed by atoms with Crippen LogP contribution in [0.4, 0.5) is 0 Å². The molecular weight excluding hydrogens is 282 g/mol. The van der Waals surface area contributed by atoms with Gasteiger partial charge in [0.05, 0.1) is 13.2 Å². The van der Waals surface area contributed by atoms with Crippen molar-refractivity contribution >= 4 is 21.9 Å². The Bertz CT molecular complexity index is 368.